The van der Waals surface area contributed by atoms with Gasteiger partial charge >= 0.3 is 5.97 Å². The molecule has 0 aliphatic heterocycles. The lowest BCUT2D eigenvalue weighted by atomic mass is 10.2. The fourth-order valence-corrected chi connectivity index (χ4v) is 3.43. The van der Waals surface area contributed by atoms with Gasteiger partial charge in [-0.25, -0.2) is 4.79 Å². The zero-order valence-electron chi connectivity index (χ0n) is 16.8. The Labute approximate surface area is 177 Å². The van der Waals surface area contributed by atoms with Gasteiger partial charge in [-0.3, -0.25) is 14.2 Å². The summed E-state index contributed by atoms with van der Waals surface area (Å²) in [6.45, 7) is 3.77. The zero-order chi connectivity index (χ0) is 21.7. The maximum atomic E-state index is 12.1. The normalized spacial score (nSPS) is 11.4. The SMILES string of the molecule is COC(=O)c1ccccc1Oc1ccc(Nc2s[nH]c(=O)c2C(N)=NC(C)C)cc1. The average molecular weight is 426 g/mol. The van der Waals surface area contributed by atoms with Crippen molar-refractivity contribution in [1.82, 2.24) is 4.37 Å². The van der Waals surface area contributed by atoms with E-state index in [1.165, 1.54) is 7.11 Å². The summed E-state index contributed by atoms with van der Waals surface area (Å²) in [5.74, 6) is 0.655. The number of nitrogens with zero attached hydrogens (tertiary/aromatic N) is 1. The number of hydrogen-bond acceptors (Lipinski definition) is 7. The molecule has 0 spiro atoms. The molecule has 1 heterocycles. The summed E-state index contributed by atoms with van der Waals surface area (Å²) < 4.78 is 13.3. The molecular weight excluding hydrogens is 404 g/mol. The van der Waals surface area contributed by atoms with Gasteiger partial charge in [0.25, 0.3) is 5.56 Å². The number of esters is 1. The van der Waals surface area contributed by atoms with Crippen molar-refractivity contribution in [2.24, 2.45) is 10.7 Å². The molecule has 0 aliphatic carbocycles. The van der Waals surface area contributed by atoms with Crippen molar-refractivity contribution in [2.45, 2.75) is 19.9 Å². The second-order valence-electron chi connectivity index (χ2n) is 6.58. The highest BCUT2D eigenvalue weighted by Crippen LogP contribution is 2.28. The van der Waals surface area contributed by atoms with Gasteiger partial charge in [0.05, 0.1) is 7.11 Å². The van der Waals surface area contributed by atoms with Crippen LogP contribution >= 0.6 is 11.5 Å². The van der Waals surface area contributed by atoms with Gasteiger partial charge in [0.15, 0.2) is 0 Å². The number of ether oxygens (including phenoxy) is 2. The number of aromatic amines is 1. The van der Waals surface area contributed by atoms with E-state index in [-0.39, 0.29) is 17.4 Å². The molecule has 0 saturated carbocycles. The third kappa shape index (κ3) is 4.87. The maximum Gasteiger partial charge on any atom is 0.341 e. The van der Waals surface area contributed by atoms with Gasteiger partial charge in [0.1, 0.15) is 33.5 Å². The van der Waals surface area contributed by atoms with Gasteiger partial charge in [-0.05, 0) is 61.8 Å². The van der Waals surface area contributed by atoms with E-state index in [4.69, 9.17) is 15.2 Å². The third-order valence-corrected chi connectivity index (χ3v) is 4.78. The second-order valence-corrected chi connectivity index (χ2v) is 7.40. The van der Waals surface area contributed by atoms with Crippen molar-refractivity contribution < 1.29 is 14.3 Å². The molecular formula is C21H22N4O4S. The Morgan fingerprint density at radius 3 is 2.53 bits per heavy atom. The number of hydrogen-bond donors (Lipinski definition) is 3. The topological polar surface area (TPSA) is 119 Å². The van der Waals surface area contributed by atoms with E-state index < -0.39 is 5.97 Å². The van der Waals surface area contributed by atoms with E-state index in [0.29, 0.717) is 27.6 Å². The molecule has 3 rings (SSSR count). The van der Waals surface area contributed by atoms with Crippen LogP contribution in [-0.2, 0) is 4.74 Å². The van der Waals surface area contributed by atoms with E-state index in [2.05, 4.69) is 14.7 Å². The number of carbonyl (C=O) groups excluding carboxylic acids is 1. The minimum absolute atomic E-state index is 0.0264. The number of aromatic nitrogens is 1. The molecule has 30 heavy (non-hydrogen) atoms. The van der Waals surface area contributed by atoms with Crippen molar-refractivity contribution in [3.05, 3.63) is 70.0 Å². The summed E-state index contributed by atoms with van der Waals surface area (Å²) in [7, 11) is 1.32. The van der Waals surface area contributed by atoms with Gasteiger partial charge in [0.2, 0.25) is 0 Å². The summed E-state index contributed by atoms with van der Waals surface area (Å²) >= 11 is 1.15. The van der Waals surface area contributed by atoms with E-state index in [1.807, 2.05) is 13.8 Å². The molecule has 3 aromatic rings. The highest BCUT2D eigenvalue weighted by molar-refractivity contribution is 7.10. The van der Waals surface area contributed by atoms with Crippen molar-refractivity contribution in [2.75, 3.05) is 12.4 Å². The first kappa shape index (κ1) is 21.1. The van der Waals surface area contributed by atoms with Crippen LogP contribution in [0.2, 0.25) is 0 Å². The molecule has 2 aromatic carbocycles. The molecule has 156 valence electrons. The molecule has 0 atom stereocenters. The number of aliphatic imine (C=N–C) groups is 1. The number of anilines is 2. The molecule has 0 amide bonds. The fourth-order valence-electron chi connectivity index (χ4n) is 2.66. The van der Waals surface area contributed by atoms with Gasteiger partial charge < -0.3 is 20.5 Å². The monoisotopic (exact) mass is 426 g/mol. The van der Waals surface area contributed by atoms with Crippen LogP contribution in [0.4, 0.5) is 10.7 Å². The van der Waals surface area contributed by atoms with Crippen molar-refractivity contribution in [3.63, 3.8) is 0 Å². The van der Waals surface area contributed by atoms with E-state index in [9.17, 15) is 9.59 Å². The van der Waals surface area contributed by atoms with Crippen LogP contribution in [-0.4, -0.2) is 29.3 Å². The number of benzene rings is 2. The summed E-state index contributed by atoms with van der Waals surface area (Å²) in [5, 5.41) is 3.75. The summed E-state index contributed by atoms with van der Waals surface area (Å²) in [5.41, 5.74) is 7.10. The molecule has 9 heteroatoms. The van der Waals surface area contributed by atoms with Crippen molar-refractivity contribution >= 4 is 34.0 Å². The number of carbonyl (C=O) groups is 1. The maximum absolute atomic E-state index is 12.1. The summed E-state index contributed by atoms with van der Waals surface area (Å²) in [4.78, 5) is 28.3. The lowest BCUT2D eigenvalue weighted by molar-refractivity contribution is 0.0598. The molecule has 0 saturated heterocycles. The van der Waals surface area contributed by atoms with Crippen LogP contribution in [0.1, 0.15) is 29.8 Å². The average Bonchev–Trinajstić information content (AvgIpc) is 3.09. The van der Waals surface area contributed by atoms with Gasteiger partial charge in [-0.15, -0.1) is 0 Å². The number of para-hydroxylation sites is 1. The number of amidine groups is 1. The standard InChI is InChI=1S/C21H22N4O4S/c1-12(2)23-18(22)17-19(26)25-30-20(17)24-13-8-10-14(11-9-13)29-16-7-5-4-6-15(16)21(27)28-3/h4-12,24H,1-3H3,(H2,22,23)(H,25,26). The molecule has 0 fully saturated rings. The van der Waals surface area contributed by atoms with Crippen LogP contribution in [0, 0.1) is 0 Å². The Morgan fingerprint density at radius 2 is 1.87 bits per heavy atom. The third-order valence-electron chi connectivity index (χ3n) is 3.99. The summed E-state index contributed by atoms with van der Waals surface area (Å²) in [6.07, 6.45) is 0. The fraction of sp³-hybridized carbons (Fsp3) is 0.190. The second kappa shape index (κ2) is 9.27. The Hall–Kier alpha value is -3.59. The van der Waals surface area contributed by atoms with Gasteiger partial charge in [-0.2, -0.15) is 0 Å². The van der Waals surface area contributed by atoms with Crippen LogP contribution in [0.5, 0.6) is 11.5 Å². The molecule has 0 aliphatic rings. The first-order valence-electron chi connectivity index (χ1n) is 9.16. The minimum atomic E-state index is -0.473. The Balaban J connectivity index is 1.79. The quantitative estimate of drug-likeness (QED) is 0.300. The number of nitrogens with two attached hydrogens (primary N) is 1. The van der Waals surface area contributed by atoms with Crippen molar-refractivity contribution in [3.8, 4) is 11.5 Å². The minimum Gasteiger partial charge on any atom is -0.465 e. The smallest absolute Gasteiger partial charge is 0.341 e. The van der Waals surface area contributed by atoms with E-state index >= 15 is 0 Å². The summed E-state index contributed by atoms with van der Waals surface area (Å²) in [6, 6.07) is 13.9. The first-order valence-corrected chi connectivity index (χ1v) is 9.98. The Kier molecular flexibility index (Phi) is 6.53. The molecule has 1 aromatic heterocycles. The van der Waals surface area contributed by atoms with Crippen molar-refractivity contribution in [1.29, 1.82) is 0 Å². The Morgan fingerprint density at radius 1 is 1.17 bits per heavy atom. The lowest BCUT2D eigenvalue weighted by Crippen LogP contribution is -2.23. The largest absolute Gasteiger partial charge is 0.465 e. The molecule has 0 bridgehead atoms. The number of methoxy groups -OCH3 is 1. The number of nitrogens with one attached hydrogen (secondary N) is 2. The van der Waals surface area contributed by atoms with Gasteiger partial charge in [-0.1, -0.05) is 12.1 Å². The van der Waals surface area contributed by atoms with Crippen LogP contribution < -0.4 is 21.3 Å². The number of H-pyrrole nitrogens is 1. The van der Waals surface area contributed by atoms with Crippen LogP contribution in [0.3, 0.4) is 0 Å². The van der Waals surface area contributed by atoms with Crippen LogP contribution in [0.25, 0.3) is 0 Å². The highest BCUT2D eigenvalue weighted by atomic mass is 32.1. The van der Waals surface area contributed by atoms with Gasteiger partial charge in [0, 0.05) is 11.7 Å². The Bertz CT molecular complexity index is 1120. The van der Waals surface area contributed by atoms with Crippen LogP contribution in [0.15, 0.2) is 58.3 Å². The van der Waals surface area contributed by atoms with E-state index in [1.54, 1.807) is 48.5 Å². The predicted molar refractivity (Wildman–Crippen MR) is 118 cm³/mol. The molecule has 4 N–H and O–H groups in total. The molecule has 8 nitrogen and oxygen atoms in total. The highest BCUT2D eigenvalue weighted by Gasteiger charge is 2.16. The molecule has 0 unspecified atom stereocenters. The number of rotatable bonds is 7. The zero-order valence-corrected chi connectivity index (χ0v) is 17.6. The molecule has 0 radical (unpaired) electrons. The predicted octanol–water partition coefficient (Wildman–Crippen LogP) is 3.87. The van der Waals surface area contributed by atoms with E-state index in [0.717, 1.165) is 17.2 Å². The lowest BCUT2D eigenvalue weighted by Gasteiger charge is -2.11. The first-order chi connectivity index (χ1) is 14.4.